The maximum absolute atomic E-state index is 14.0. The number of carbonyl (C=O) groups excluding carboxylic acids is 2. The molecule has 4 aliphatic carbocycles. The van der Waals surface area contributed by atoms with Crippen LogP contribution in [0.1, 0.15) is 77.5 Å². The molecule has 1 aromatic rings. The van der Waals surface area contributed by atoms with Crippen LogP contribution in [0.15, 0.2) is 40.9 Å². The first-order valence-corrected chi connectivity index (χ1v) is 14.3. The minimum atomic E-state index is -4.69. The maximum atomic E-state index is 14.0. The molecule has 0 N–H and O–H groups in total. The normalized spacial score (nSPS) is 43.5. The van der Waals surface area contributed by atoms with Crippen molar-refractivity contribution < 1.29 is 27.2 Å². The Labute approximate surface area is 237 Å². The molecule has 1 aromatic heterocycles. The Bertz CT molecular complexity index is 1450. The number of allylic oxidation sites excluding steroid dienone is 3. The van der Waals surface area contributed by atoms with Gasteiger partial charge < -0.3 is 4.42 Å². The lowest BCUT2D eigenvalue weighted by molar-refractivity contribution is -0.157. The molecule has 0 bridgehead atoms. The molecule has 9 atom stereocenters. The zero-order chi connectivity index (χ0) is 29.9. The van der Waals surface area contributed by atoms with E-state index >= 15 is 0 Å². The van der Waals surface area contributed by atoms with Gasteiger partial charge in [-0.3, -0.25) is 14.5 Å². The van der Waals surface area contributed by atoms with Crippen LogP contribution < -0.4 is 0 Å². The van der Waals surface area contributed by atoms with Crippen LogP contribution >= 0.6 is 0 Å². The van der Waals surface area contributed by atoms with E-state index in [1.54, 1.807) is 0 Å². The Morgan fingerprint density at radius 1 is 1.12 bits per heavy atom. The van der Waals surface area contributed by atoms with E-state index in [1.807, 2.05) is 26.0 Å². The third kappa shape index (κ3) is 3.47. The number of aromatic nitrogens is 2. The fraction of sp³-hybridized carbons (Fsp3) is 0.645. The number of alkyl halides is 3. The molecule has 0 radical (unpaired) electrons. The monoisotopic (exact) mass is 568 g/mol. The van der Waals surface area contributed by atoms with Crippen molar-refractivity contribution >= 4 is 11.6 Å². The Morgan fingerprint density at radius 3 is 2.46 bits per heavy atom. The van der Waals surface area contributed by atoms with Crippen LogP contribution in [0.25, 0.3) is 0 Å². The molecule has 6 aliphatic rings. The van der Waals surface area contributed by atoms with Gasteiger partial charge >= 0.3 is 12.1 Å². The van der Waals surface area contributed by atoms with Gasteiger partial charge in [0.05, 0.1) is 11.1 Å². The molecule has 2 saturated carbocycles. The van der Waals surface area contributed by atoms with Crippen molar-refractivity contribution in [2.45, 2.75) is 83.5 Å². The maximum Gasteiger partial charge on any atom is 0.470 e. The van der Waals surface area contributed by atoms with E-state index < -0.39 is 22.9 Å². The van der Waals surface area contributed by atoms with Gasteiger partial charge in [0.25, 0.3) is 0 Å². The van der Waals surface area contributed by atoms with Crippen LogP contribution in [0.3, 0.4) is 0 Å². The largest absolute Gasteiger partial charge is 0.470 e. The third-order valence-corrected chi connectivity index (χ3v) is 11.6. The van der Waals surface area contributed by atoms with E-state index in [9.17, 15) is 28.0 Å². The van der Waals surface area contributed by atoms with Crippen molar-refractivity contribution in [3.05, 3.63) is 48.2 Å². The predicted molar refractivity (Wildman–Crippen MR) is 142 cm³/mol. The second kappa shape index (κ2) is 8.50. The molecule has 41 heavy (non-hydrogen) atoms. The SMILES string of the molecule is C=C.CC12CCC(c3nnc(C(F)(F)F)o3)CC1C1C(=O)C=C3C4(C)C=C(C#N)C(=O)C(C)(C)C4CCC34C1N4C2. The van der Waals surface area contributed by atoms with E-state index in [0.29, 0.717) is 12.8 Å². The molecule has 2 saturated heterocycles. The van der Waals surface area contributed by atoms with Gasteiger partial charge in [0.1, 0.15) is 6.07 Å². The lowest BCUT2D eigenvalue weighted by Gasteiger charge is -2.55. The minimum absolute atomic E-state index is 0.00750. The van der Waals surface area contributed by atoms with E-state index in [2.05, 4.69) is 48.2 Å². The second-order valence-corrected chi connectivity index (χ2v) is 13.8. The number of carbonyl (C=O) groups is 2. The molecular formula is C31H35F3N4O3. The molecule has 1 spiro atoms. The molecule has 0 aromatic carbocycles. The summed E-state index contributed by atoms with van der Waals surface area (Å²) in [5.74, 6) is -1.99. The Morgan fingerprint density at radius 2 is 1.83 bits per heavy atom. The first kappa shape index (κ1) is 28.1. The van der Waals surface area contributed by atoms with E-state index in [1.165, 1.54) is 0 Å². The molecule has 218 valence electrons. The molecule has 3 heterocycles. The van der Waals surface area contributed by atoms with Gasteiger partial charge in [-0.05, 0) is 61.0 Å². The summed E-state index contributed by atoms with van der Waals surface area (Å²) >= 11 is 0. The second-order valence-electron chi connectivity index (χ2n) is 13.8. The molecule has 10 heteroatoms. The molecule has 2 aliphatic heterocycles. The van der Waals surface area contributed by atoms with Crippen molar-refractivity contribution in [3.8, 4) is 6.07 Å². The molecule has 9 unspecified atom stereocenters. The van der Waals surface area contributed by atoms with Gasteiger partial charge in [0.2, 0.25) is 5.89 Å². The van der Waals surface area contributed by atoms with Gasteiger partial charge in [0, 0.05) is 35.3 Å². The van der Waals surface area contributed by atoms with Crippen LogP contribution in [-0.4, -0.2) is 44.8 Å². The fourth-order valence-electron chi connectivity index (χ4n) is 9.84. The van der Waals surface area contributed by atoms with Crippen molar-refractivity contribution in [2.75, 3.05) is 6.54 Å². The topological polar surface area (TPSA) is 99.9 Å². The average Bonchev–Trinajstić information content (AvgIpc) is 3.26. The zero-order valence-electron chi connectivity index (χ0n) is 23.8. The Kier molecular flexibility index (Phi) is 5.82. The highest BCUT2D eigenvalue weighted by atomic mass is 19.4. The van der Waals surface area contributed by atoms with Crippen LogP contribution in [0.4, 0.5) is 13.2 Å². The lowest BCUT2D eigenvalue weighted by Crippen LogP contribution is -2.55. The molecular weight excluding hydrogens is 533 g/mol. The highest BCUT2D eigenvalue weighted by molar-refractivity contribution is 6.05. The summed E-state index contributed by atoms with van der Waals surface area (Å²) < 4.78 is 44.4. The highest BCUT2D eigenvalue weighted by Crippen LogP contribution is 2.73. The summed E-state index contributed by atoms with van der Waals surface area (Å²) in [7, 11) is 0. The van der Waals surface area contributed by atoms with Crippen molar-refractivity contribution in [1.29, 1.82) is 5.26 Å². The first-order valence-electron chi connectivity index (χ1n) is 14.3. The Hall–Kier alpha value is -3.06. The number of nitrogens with zero attached hydrogens (tertiary/aromatic N) is 4. The summed E-state index contributed by atoms with van der Waals surface area (Å²) in [4.78, 5) is 29.6. The molecule has 7 nitrogen and oxygen atoms in total. The summed E-state index contributed by atoms with van der Waals surface area (Å²) in [6.07, 6.45) is 2.55. The summed E-state index contributed by atoms with van der Waals surface area (Å²) in [6.45, 7) is 15.0. The predicted octanol–water partition coefficient (Wildman–Crippen LogP) is 5.82. The van der Waals surface area contributed by atoms with Gasteiger partial charge in [0.15, 0.2) is 11.6 Å². The number of piperidine rings is 1. The van der Waals surface area contributed by atoms with Crippen LogP contribution in [0.5, 0.6) is 0 Å². The number of hydrogen-bond acceptors (Lipinski definition) is 7. The van der Waals surface area contributed by atoms with Crippen LogP contribution in [-0.2, 0) is 15.8 Å². The lowest BCUT2D eigenvalue weighted by atomic mass is 9.47. The standard InChI is InChI=1S/C29H31F3N4O3.C2H4/c1-25(2)18-6-8-28-19(27(18,4)11-15(12-33)22(25)38)10-17(37)20-16-9-14(23-34-35-24(39-23)29(30,31)32)5-7-26(16,3)13-36(28)21(20)28;1-2/h10-11,14,16,18,20-21H,5-9,13H2,1-4H3;1-2H2. The van der Waals surface area contributed by atoms with Crippen molar-refractivity contribution in [1.82, 2.24) is 15.1 Å². The van der Waals surface area contributed by atoms with E-state index in [-0.39, 0.29) is 63.7 Å². The number of Topliss-reactive ketones (excluding diaryl/α,β-unsaturated/α-hetero) is 1. The number of fused-ring (bicyclic) bond motifs is 4. The molecule has 0 amide bonds. The summed E-state index contributed by atoms with van der Waals surface area (Å²) in [5.41, 5.74) is -0.520. The summed E-state index contributed by atoms with van der Waals surface area (Å²) in [5, 5.41) is 16.8. The average molecular weight is 569 g/mol. The van der Waals surface area contributed by atoms with Crippen LogP contribution in [0.2, 0.25) is 0 Å². The highest BCUT2D eigenvalue weighted by Gasteiger charge is 2.79. The van der Waals surface area contributed by atoms with Crippen LogP contribution in [0, 0.1) is 45.3 Å². The number of nitriles is 1. The molecule has 7 rings (SSSR count). The van der Waals surface area contributed by atoms with Gasteiger partial charge in [-0.25, -0.2) is 0 Å². The quantitative estimate of drug-likeness (QED) is 0.311. The van der Waals surface area contributed by atoms with Gasteiger partial charge in [-0.1, -0.05) is 33.8 Å². The summed E-state index contributed by atoms with van der Waals surface area (Å²) in [6, 6.07) is 2.16. The minimum Gasteiger partial charge on any atom is -0.417 e. The van der Waals surface area contributed by atoms with Gasteiger partial charge in [-0.15, -0.1) is 23.4 Å². The van der Waals surface area contributed by atoms with E-state index in [4.69, 9.17) is 4.42 Å². The number of ketones is 2. The van der Waals surface area contributed by atoms with Crippen molar-refractivity contribution in [3.63, 3.8) is 0 Å². The Balaban J connectivity index is 0.00000148. The van der Waals surface area contributed by atoms with E-state index in [0.717, 1.165) is 31.4 Å². The smallest absolute Gasteiger partial charge is 0.417 e. The van der Waals surface area contributed by atoms with Crippen molar-refractivity contribution in [2.24, 2.45) is 34.0 Å². The fourth-order valence-corrected chi connectivity index (χ4v) is 9.84. The molecule has 4 fully saturated rings. The zero-order valence-corrected chi connectivity index (χ0v) is 23.8. The third-order valence-electron chi connectivity index (χ3n) is 11.6. The number of rotatable bonds is 1. The first-order chi connectivity index (χ1) is 19.2. The number of halogens is 3. The number of hydrogen-bond donors (Lipinski definition) is 0. The van der Waals surface area contributed by atoms with Gasteiger partial charge in [-0.2, -0.15) is 18.4 Å².